The molecular weight excluding hydrogens is 176 g/mol. The molecule has 0 saturated heterocycles. The van der Waals surface area contributed by atoms with Crippen LogP contribution in [0.1, 0.15) is 46.5 Å². The molecule has 84 valence electrons. The Labute approximate surface area is 87.6 Å². The van der Waals surface area contributed by atoms with Crippen LogP contribution in [0.15, 0.2) is 0 Å². The number of hydrogen-bond donors (Lipinski definition) is 1. The average Bonchev–Trinajstić information content (AvgIpc) is 2.12. The molecule has 0 aliphatic rings. The molecule has 0 aliphatic heterocycles. The van der Waals surface area contributed by atoms with Crippen LogP contribution in [0.3, 0.4) is 0 Å². The smallest absolute Gasteiger partial charge is 0.224 e. The standard InChI is InChI=1S/C11H24N2O/c1-4-5-6-9-13(10(2)3)11(14)7-8-12/h10H,4-9,12H2,1-3H3. The predicted molar refractivity (Wildman–Crippen MR) is 60.0 cm³/mol. The molecule has 0 spiro atoms. The first-order chi connectivity index (χ1) is 6.63. The van der Waals surface area contributed by atoms with E-state index >= 15 is 0 Å². The Morgan fingerprint density at radius 1 is 1.36 bits per heavy atom. The van der Waals surface area contributed by atoms with Crippen molar-refractivity contribution in [1.82, 2.24) is 4.90 Å². The highest BCUT2D eigenvalue weighted by Crippen LogP contribution is 2.05. The molecule has 14 heavy (non-hydrogen) atoms. The molecule has 0 aromatic heterocycles. The quantitative estimate of drug-likeness (QED) is 0.637. The number of carbonyl (C=O) groups excluding carboxylic acids is 1. The second-order valence-electron chi connectivity index (χ2n) is 3.93. The summed E-state index contributed by atoms with van der Waals surface area (Å²) in [6.45, 7) is 7.61. The maximum absolute atomic E-state index is 11.6. The van der Waals surface area contributed by atoms with Crippen LogP contribution >= 0.6 is 0 Å². The van der Waals surface area contributed by atoms with Crippen LogP contribution in [0.25, 0.3) is 0 Å². The SMILES string of the molecule is CCCCCN(C(=O)CCN)C(C)C. The zero-order valence-electron chi connectivity index (χ0n) is 9.75. The van der Waals surface area contributed by atoms with E-state index in [1.807, 2.05) is 4.90 Å². The van der Waals surface area contributed by atoms with Gasteiger partial charge < -0.3 is 10.6 Å². The van der Waals surface area contributed by atoms with E-state index in [4.69, 9.17) is 5.73 Å². The molecule has 3 heteroatoms. The molecule has 0 fully saturated rings. The Morgan fingerprint density at radius 2 is 2.00 bits per heavy atom. The van der Waals surface area contributed by atoms with Crippen LogP contribution in [0, 0.1) is 0 Å². The fourth-order valence-corrected chi connectivity index (χ4v) is 1.47. The van der Waals surface area contributed by atoms with Crippen molar-refractivity contribution in [3.63, 3.8) is 0 Å². The van der Waals surface area contributed by atoms with Gasteiger partial charge in [0.2, 0.25) is 5.91 Å². The molecule has 0 aromatic carbocycles. The number of nitrogens with zero attached hydrogens (tertiary/aromatic N) is 1. The first-order valence-corrected chi connectivity index (χ1v) is 5.63. The van der Waals surface area contributed by atoms with E-state index in [1.54, 1.807) is 0 Å². The molecule has 1 amide bonds. The molecule has 0 unspecified atom stereocenters. The zero-order chi connectivity index (χ0) is 11.0. The van der Waals surface area contributed by atoms with E-state index in [9.17, 15) is 4.79 Å². The number of rotatable bonds is 7. The van der Waals surface area contributed by atoms with Gasteiger partial charge in [0, 0.05) is 25.6 Å². The van der Waals surface area contributed by atoms with Crippen LogP contribution in [0.5, 0.6) is 0 Å². The van der Waals surface area contributed by atoms with Gasteiger partial charge in [-0.3, -0.25) is 4.79 Å². The molecule has 3 nitrogen and oxygen atoms in total. The Balaban J connectivity index is 3.95. The maximum Gasteiger partial charge on any atom is 0.224 e. The second kappa shape index (κ2) is 7.80. The minimum absolute atomic E-state index is 0.193. The van der Waals surface area contributed by atoms with Crippen molar-refractivity contribution in [3.8, 4) is 0 Å². The molecule has 0 bridgehead atoms. The third-order valence-electron chi connectivity index (χ3n) is 2.30. The number of amides is 1. The first-order valence-electron chi connectivity index (χ1n) is 5.63. The number of carbonyl (C=O) groups is 1. The molecule has 0 heterocycles. The van der Waals surface area contributed by atoms with Crippen LogP contribution in [-0.2, 0) is 4.79 Å². The molecule has 2 N–H and O–H groups in total. The van der Waals surface area contributed by atoms with Crippen LogP contribution in [-0.4, -0.2) is 29.9 Å². The van der Waals surface area contributed by atoms with Gasteiger partial charge in [-0.1, -0.05) is 19.8 Å². The van der Waals surface area contributed by atoms with Gasteiger partial charge in [-0.2, -0.15) is 0 Å². The topological polar surface area (TPSA) is 46.3 Å². The molecule has 0 aromatic rings. The number of hydrogen-bond acceptors (Lipinski definition) is 2. The molecule has 0 aliphatic carbocycles. The lowest BCUT2D eigenvalue weighted by molar-refractivity contribution is -0.132. The van der Waals surface area contributed by atoms with Gasteiger partial charge >= 0.3 is 0 Å². The van der Waals surface area contributed by atoms with E-state index in [2.05, 4.69) is 20.8 Å². The van der Waals surface area contributed by atoms with Crippen LogP contribution < -0.4 is 5.73 Å². The maximum atomic E-state index is 11.6. The van der Waals surface area contributed by atoms with Gasteiger partial charge in [-0.05, 0) is 20.3 Å². The third-order valence-corrected chi connectivity index (χ3v) is 2.30. The summed E-state index contributed by atoms with van der Waals surface area (Å²) in [6, 6.07) is 0.297. The minimum atomic E-state index is 0.193. The highest BCUT2D eigenvalue weighted by atomic mass is 16.2. The Morgan fingerprint density at radius 3 is 2.43 bits per heavy atom. The van der Waals surface area contributed by atoms with Crippen LogP contribution in [0.4, 0.5) is 0 Å². The van der Waals surface area contributed by atoms with E-state index < -0.39 is 0 Å². The molecule has 0 radical (unpaired) electrons. The Bertz CT molecular complexity index is 157. The van der Waals surface area contributed by atoms with Crippen molar-refractivity contribution >= 4 is 5.91 Å². The lowest BCUT2D eigenvalue weighted by Gasteiger charge is -2.26. The van der Waals surface area contributed by atoms with E-state index in [0.29, 0.717) is 19.0 Å². The van der Waals surface area contributed by atoms with Gasteiger partial charge in [-0.25, -0.2) is 0 Å². The van der Waals surface area contributed by atoms with Crippen molar-refractivity contribution in [1.29, 1.82) is 0 Å². The van der Waals surface area contributed by atoms with E-state index in [0.717, 1.165) is 13.0 Å². The summed E-state index contributed by atoms with van der Waals surface area (Å²) in [5.74, 6) is 0.193. The average molecular weight is 200 g/mol. The van der Waals surface area contributed by atoms with Crippen molar-refractivity contribution in [2.24, 2.45) is 5.73 Å². The molecular formula is C11H24N2O. The fraction of sp³-hybridized carbons (Fsp3) is 0.909. The summed E-state index contributed by atoms with van der Waals surface area (Å²) in [6.07, 6.45) is 3.96. The van der Waals surface area contributed by atoms with Gasteiger partial charge in [0.25, 0.3) is 0 Å². The summed E-state index contributed by atoms with van der Waals surface area (Å²) < 4.78 is 0. The summed E-state index contributed by atoms with van der Waals surface area (Å²) in [7, 11) is 0. The number of unbranched alkanes of at least 4 members (excludes halogenated alkanes) is 2. The summed E-state index contributed by atoms with van der Waals surface area (Å²) in [5, 5.41) is 0. The lowest BCUT2D eigenvalue weighted by Crippen LogP contribution is -2.38. The van der Waals surface area contributed by atoms with Crippen LogP contribution in [0.2, 0.25) is 0 Å². The van der Waals surface area contributed by atoms with Crippen molar-refractivity contribution in [2.75, 3.05) is 13.1 Å². The van der Waals surface area contributed by atoms with Crippen molar-refractivity contribution in [2.45, 2.75) is 52.5 Å². The summed E-state index contributed by atoms with van der Waals surface area (Å²) in [4.78, 5) is 13.6. The first kappa shape index (κ1) is 13.4. The van der Waals surface area contributed by atoms with E-state index in [1.165, 1.54) is 12.8 Å². The third kappa shape index (κ3) is 5.22. The second-order valence-corrected chi connectivity index (χ2v) is 3.93. The predicted octanol–water partition coefficient (Wildman–Crippen LogP) is 1.76. The summed E-state index contributed by atoms with van der Waals surface area (Å²) in [5.41, 5.74) is 5.37. The zero-order valence-corrected chi connectivity index (χ0v) is 9.75. The monoisotopic (exact) mass is 200 g/mol. The minimum Gasteiger partial charge on any atom is -0.340 e. The van der Waals surface area contributed by atoms with E-state index in [-0.39, 0.29) is 5.91 Å². The largest absolute Gasteiger partial charge is 0.340 e. The summed E-state index contributed by atoms with van der Waals surface area (Å²) >= 11 is 0. The molecule has 0 atom stereocenters. The normalized spacial score (nSPS) is 10.6. The Kier molecular flexibility index (Phi) is 7.48. The van der Waals surface area contributed by atoms with Crippen molar-refractivity contribution in [3.05, 3.63) is 0 Å². The lowest BCUT2D eigenvalue weighted by atomic mass is 10.2. The van der Waals surface area contributed by atoms with Gasteiger partial charge in [0.15, 0.2) is 0 Å². The molecule has 0 rings (SSSR count). The highest BCUT2D eigenvalue weighted by Gasteiger charge is 2.14. The Hall–Kier alpha value is -0.570. The van der Waals surface area contributed by atoms with Gasteiger partial charge in [0.1, 0.15) is 0 Å². The molecule has 0 saturated carbocycles. The fourth-order valence-electron chi connectivity index (χ4n) is 1.47. The van der Waals surface area contributed by atoms with Gasteiger partial charge in [0.05, 0.1) is 0 Å². The van der Waals surface area contributed by atoms with Crippen molar-refractivity contribution < 1.29 is 4.79 Å². The van der Waals surface area contributed by atoms with Gasteiger partial charge in [-0.15, -0.1) is 0 Å². The highest BCUT2D eigenvalue weighted by molar-refractivity contribution is 5.76. The number of nitrogens with two attached hydrogens (primary N) is 1.